The van der Waals surface area contributed by atoms with Crippen LogP contribution >= 0.6 is 15.6 Å². The van der Waals surface area contributed by atoms with Crippen molar-refractivity contribution in [2.24, 2.45) is 5.92 Å². The fourth-order valence-corrected chi connectivity index (χ4v) is 14.9. The molecule has 0 aromatic rings. The molecule has 0 radical (unpaired) electrons. The highest BCUT2D eigenvalue weighted by Gasteiger charge is 2.30. The minimum atomic E-state index is -4.96. The molecule has 2 unspecified atom stereocenters. The molecule has 104 heavy (non-hydrogen) atoms. The van der Waals surface area contributed by atoms with Gasteiger partial charge in [0.1, 0.15) is 19.3 Å². The molecular formula is C85H166O17P2. The normalized spacial score (nSPS) is 13.8. The van der Waals surface area contributed by atoms with Gasteiger partial charge in [0.15, 0.2) is 12.2 Å². The highest BCUT2D eigenvalue weighted by molar-refractivity contribution is 7.47. The molecule has 19 heteroatoms. The van der Waals surface area contributed by atoms with E-state index in [2.05, 4.69) is 34.6 Å². The molecule has 0 saturated heterocycles. The van der Waals surface area contributed by atoms with Gasteiger partial charge in [0.05, 0.1) is 26.4 Å². The predicted octanol–water partition coefficient (Wildman–Crippen LogP) is 26.0. The van der Waals surface area contributed by atoms with E-state index in [1.807, 2.05) is 0 Å². The van der Waals surface area contributed by atoms with Crippen LogP contribution in [0.3, 0.4) is 0 Å². The zero-order chi connectivity index (χ0) is 76.2. The van der Waals surface area contributed by atoms with E-state index < -0.39 is 97.5 Å². The summed E-state index contributed by atoms with van der Waals surface area (Å²) >= 11 is 0. The van der Waals surface area contributed by atoms with Crippen molar-refractivity contribution < 1.29 is 80.2 Å². The Morgan fingerprint density at radius 3 is 0.654 bits per heavy atom. The molecule has 0 heterocycles. The first-order chi connectivity index (χ1) is 50.5. The molecule has 5 atom stereocenters. The number of unbranched alkanes of at least 4 members (excludes halogenated alkanes) is 57. The van der Waals surface area contributed by atoms with E-state index >= 15 is 0 Å². The van der Waals surface area contributed by atoms with Crippen LogP contribution in [0.5, 0.6) is 0 Å². The van der Waals surface area contributed by atoms with Crippen molar-refractivity contribution in [2.75, 3.05) is 39.6 Å². The van der Waals surface area contributed by atoms with Crippen LogP contribution in [-0.4, -0.2) is 96.7 Å². The molecule has 0 bridgehead atoms. The fraction of sp³-hybridized carbons (Fsp3) is 0.953. The Morgan fingerprint density at radius 1 is 0.260 bits per heavy atom. The first-order valence-electron chi connectivity index (χ1n) is 44.1. The molecule has 0 fully saturated rings. The Labute approximate surface area is 638 Å². The number of rotatable bonds is 85. The predicted molar refractivity (Wildman–Crippen MR) is 428 cm³/mol. The minimum absolute atomic E-state index is 0.108. The van der Waals surface area contributed by atoms with Gasteiger partial charge >= 0.3 is 39.5 Å². The summed E-state index contributed by atoms with van der Waals surface area (Å²) in [5, 5.41) is 10.7. The first kappa shape index (κ1) is 102. The van der Waals surface area contributed by atoms with Crippen molar-refractivity contribution in [3.8, 4) is 0 Å². The maximum atomic E-state index is 13.1. The monoisotopic (exact) mass is 1520 g/mol. The molecule has 0 aromatic carbocycles. The van der Waals surface area contributed by atoms with E-state index in [4.69, 9.17) is 37.0 Å². The number of phosphoric ester groups is 2. The van der Waals surface area contributed by atoms with Crippen LogP contribution < -0.4 is 0 Å². The largest absolute Gasteiger partial charge is 0.472 e. The number of esters is 4. The van der Waals surface area contributed by atoms with Crippen molar-refractivity contribution in [1.29, 1.82) is 0 Å². The lowest BCUT2D eigenvalue weighted by Crippen LogP contribution is -2.30. The van der Waals surface area contributed by atoms with Crippen molar-refractivity contribution in [1.82, 2.24) is 0 Å². The highest BCUT2D eigenvalue weighted by atomic mass is 31.2. The molecule has 0 aromatic heterocycles. The fourth-order valence-electron chi connectivity index (χ4n) is 13.3. The van der Waals surface area contributed by atoms with Crippen molar-refractivity contribution in [3.63, 3.8) is 0 Å². The maximum absolute atomic E-state index is 13.1. The standard InChI is InChI=1S/C85H166O17P2/c1-6-9-12-15-18-21-24-27-29-31-33-35-40-45-50-55-60-65-70-84(89)101-81(75-96-83(88)69-64-59-54-49-44-39-34-32-30-28-25-22-19-16-13-10-7-2)77-100-104(93,94)98-73-79(86)72-97-103(91,92)99-76-80(74-95-82(87)68-63-58-53-48-43-37-26-23-20-17-14-11-8-3)102-85(90)71-66-61-56-51-46-41-36-38-42-47-52-57-62-67-78(4)5/h78-81,86H,6-77H2,1-5H3,(H,91,92)(H,93,94)/t79-,80+,81+/m0/s1. The summed E-state index contributed by atoms with van der Waals surface area (Å²) in [6.07, 6.45) is 70.6. The second kappa shape index (κ2) is 77.8. The van der Waals surface area contributed by atoms with Crippen molar-refractivity contribution in [2.45, 2.75) is 477 Å². The summed E-state index contributed by atoms with van der Waals surface area (Å²) in [6.45, 7) is 7.39. The van der Waals surface area contributed by atoms with Crippen LogP contribution in [-0.2, 0) is 65.4 Å². The molecule has 0 saturated carbocycles. The Kier molecular flexibility index (Phi) is 76.3. The van der Waals surface area contributed by atoms with Gasteiger partial charge in [-0.3, -0.25) is 37.3 Å². The van der Waals surface area contributed by atoms with Gasteiger partial charge < -0.3 is 33.8 Å². The second-order valence-corrected chi connectivity index (χ2v) is 34.0. The molecule has 3 N–H and O–H groups in total. The number of hydrogen-bond acceptors (Lipinski definition) is 15. The number of aliphatic hydroxyl groups is 1. The van der Waals surface area contributed by atoms with Crippen LogP contribution in [0, 0.1) is 5.92 Å². The van der Waals surface area contributed by atoms with Crippen LogP contribution in [0.15, 0.2) is 0 Å². The third-order valence-corrected chi connectivity index (χ3v) is 21.9. The molecule has 0 amide bonds. The van der Waals surface area contributed by atoms with Crippen LogP contribution in [0.1, 0.15) is 458 Å². The van der Waals surface area contributed by atoms with Crippen LogP contribution in [0.25, 0.3) is 0 Å². The van der Waals surface area contributed by atoms with E-state index in [1.54, 1.807) is 0 Å². The number of hydrogen-bond donors (Lipinski definition) is 3. The zero-order valence-electron chi connectivity index (χ0n) is 68.2. The smallest absolute Gasteiger partial charge is 0.462 e. The Morgan fingerprint density at radius 2 is 0.442 bits per heavy atom. The third kappa shape index (κ3) is 78.2. The van der Waals surface area contributed by atoms with E-state index in [0.717, 1.165) is 95.8 Å². The third-order valence-electron chi connectivity index (χ3n) is 20.0. The highest BCUT2D eigenvalue weighted by Crippen LogP contribution is 2.45. The summed E-state index contributed by atoms with van der Waals surface area (Å²) in [5.74, 6) is -1.31. The second-order valence-electron chi connectivity index (χ2n) is 31.1. The summed E-state index contributed by atoms with van der Waals surface area (Å²) in [4.78, 5) is 73.2. The van der Waals surface area contributed by atoms with E-state index in [9.17, 15) is 43.2 Å². The quantitative estimate of drug-likeness (QED) is 0.0222. The lowest BCUT2D eigenvalue weighted by atomic mass is 10.0. The average molecular weight is 1520 g/mol. The lowest BCUT2D eigenvalue weighted by molar-refractivity contribution is -0.161. The Bertz CT molecular complexity index is 1980. The minimum Gasteiger partial charge on any atom is -0.462 e. The molecule has 0 rings (SSSR count). The lowest BCUT2D eigenvalue weighted by Gasteiger charge is -2.21. The van der Waals surface area contributed by atoms with Gasteiger partial charge in [-0.25, -0.2) is 9.13 Å². The maximum Gasteiger partial charge on any atom is 0.472 e. The Hall–Kier alpha value is -1.94. The summed E-state index contributed by atoms with van der Waals surface area (Å²) in [7, 11) is -9.93. The molecule has 0 aliphatic heterocycles. The van der Waals surface area contributed by atoms with Gasteiger partial charge in [0.2, 0.25) is 0 Å². The topological polar surface area (TPSA) is 237 Å². The molecular weight excluding hydrogens is 1350 g/mol. The molecule has 618 valence electrons. The Balaban J connectivity index is 5.27. The number of aliphatic hydroxyl groups excluding tert-OH is 1. The van der Waals surface area contributed by atoms with Gasteiger partial charge in [-0.15, -0.1) is 0 Å². The summed E-state index contributed by atoms with van der Waals surface area (Å²) in [6, 6.07) is 0. The molecule has 17 nitrogen and oxygen atoms in total. The summed E-state index contributed by atoms with van der Waals surface area (Å²) in [5.41, 5.74) is 0. The van der Waals surface area contributed by atoms with E-state index in [-0.39, 0.29) is 25.7 Å². The average Bonchev–Trinajstić information content (AvgIpc) is 0.913. The zero-order valence-corrected chi connectivity index (χ0v) is 70.0. The number of ether oxygens (including phenoxy) is 4. The van der Waals surface area contributed by atoms with Crippen molar-refractivity contribution in [3.05, 3.63) is 0 Å². The number of phosphoric acid groups is 2. The van der Waals surface area contributed by atoms with Crippen LogP contribution in [0.2, 0.25) is 0 Å². The summed E-state index contributed by atoms with van der Waals surface area (Å²) < 4.78 is 68.9. The van der Waals surface area contributed by atoms with Crippen molar-refractivity contribution >= 4 is 39.5 Å². The number of carbonyl (C=O) groups is 4. The number of carbonyl (C=O) groups excluding carboxylic acids is 4. The van der Waals surface area contributed by atoms with E-state index in [1.165, 1.54) is 283 Å². The molecule has 0 aliphatic rings. The van der Waals surface area contributed by atoms with Gasteiger partial charge in [0, 0.05) is 25.7 Å². The van der Waals surface area contributed by atoms with Gasteiger partial charge in [-0.1, -0.05) is 407 Å². The SMILES string of the molecule is CCCCCCCCCCCCCCCCCCCCC(=O)O[C@H](COC(=O)CCCCCCCCCCCCCCCCCCC)COP(=O)(O)OC[C@@H](O)COP(=O)(O)OC[C@@H](COC(=O)CCCCCCCCCCCCCCC)OC(=O)CCCCCCCCCCCCCCCC(C)C. The van der Waals surface area contributed by atoms with Gasteiger partial charge in [-0.05, 0) is 31.6 Å². The van der Waals surface area contributed by atoms with E-state index in [0.29, 0.717) is 25.7 Å². The van der Waals surface area contributed by atoms with Gasteiger partial charge in [0.25, 0.3) is 0 Å². The van der Waals surface area contributed by atoms with Gasteiger partial charge in [-0.2, -0.15) is 0 Å². The van der Waals surface area contributed by atoms with Crippen LogP contribution in [0.4, 0.5) is 0 Å². The first-order valence-corrected chi connectivity index (χ1v) is 47.1. The molecule has 0 aliphatic carbocycles. The molecule has 0 spiro atoms.